The van der Waals surface area contributed by atoms with Crippen molar-refractivity contribution in [2.24, 2.45) is 0 Å². The molecule has 22 heavy (non-hydrogen) atoms. The van der Waals surface area contributed by atoms with Crippen LogP contribution < -0.4 is 10.7 Å². The van der Waals surface area contributed by atoms with E-state index in [1.165, 1.54) is 6.07 Å². The van der Waals surface area contributed by atoms with Gasteiger partial charge in [-0.1, -0.05) is 34.1 Å². The van der Waals surface area contributed by atoms with Crippen LogP contribution in [0.25, 0.3) is 10.9 Å². The summed E-state index contributed by atoms with van der Waals surface area (Å²) in [5.74, 6) is -0.146. The van der Waals surface area contributed by atoms with Gasteiger partial charge in [0.2, 0.25) is 5.91 Å². The molecular formula is C17H13BrN2O2. The molecule has 0 aliphatic carbocycles. The lowest BCUT2D eigenvalue weighted by molar-refractivity contribution is -0.116. The number of halogens is 1. The van der Waals surface area contributed by atoms with Gasteiger partial charge < -0.3 is 9.88 Å². The van der Waals surface area contributed by atoms with Crippen LogP contribution in [0.4, 0.5) is 5.69 Å². The Morgan fingerprint density at radius 2 is 1.91 bits per heavy atom. The van der Waals surface area contributed by atoms with E-state index in [0.29, 0.717) is 5.39 Å². The summed E-state index contributed by atoms with van der Waals surface area (Å²) in [6.07, 6.45) is 1.64. The van der Waals surface area contributed by atoms with Gasteiger partial charge in [0.15, 0.2) is 5.43 Å². The largest absolute Gasteiger partial charge is 0.338 e. The summed E-state index contributed by atoms with van der Waals surface area (Å²) in [4.78, 5) is 24.0. The summed E-state index contributed by atoms with van der Waals surface area (Å²) in [7, 11) is 0. The monoisotopic (exact) mass is 356 g/mol. The molecule has 1 N–H and O–H groups in total. The molecule has 0 spiro atoms. The van der Waals surface area contributed by atoms with Gasteiger partial charge >= 0.3 is 0 Å². The first kappa shape index (κ1) is 14.5. The Bertz CT molecular complexity index is 902. The third-order valence-corrected chi connectivity index (χ3v) is 3.80. The molecule has 0 fully saturated rings. The zero-order chi connectivity index (χ0) is 15.5. The number of carbonyl (C=O) groups excluding carboxylic acids is 1. The number of hydrogen-bond donors (Lipinski definition) is 1. The number of nitrogens with zero attached hydrogens (tertiary/aromatic N) is 1. The van der Waals surface area contributed by atoms with Crippen LogP contribution in [-0.4, -0.2) is 10.5 Å². The first-order valence-corrected chi connectivity index (χ1v) is 7.56. The maximum Gasteiger partial charge on any atom is 0.244 e. The first-order chi connectivity index (χ1) is 10.6. The average molecular weight is 357 g/mol. The predicted molar refractivity (Wildman–Crippen MR) is 91.0 cm³/mol. The average Bonchev–Trinajstić information content (AvgIpc) is 2.50. The van der Waals surface area contributed by atoms with Crippen LogP contribution in [0.1, 0.15) is 0 Å². The topological polar surface area (TPSA) is 51.1 Å². The minimum absolute atomic E-state index is 0.0424. The minimum Gasteiger partial charge on any atom is -0.338 e. The highest BCUT2D eigenvalue weighted by Crippen LogP contribution is 2.16. The number of fused-ring (bicyclic) bond motifs is 1. The van der Waals surface area contributed by atoms with Crippen LogP contribution in [-0.2, 0) is 11.3 Å². The normalized spacial score (nSPS) is 10.6. The Morgan fingerprint density at radius 3 is 2.73 bits per heavy atom. The van der Waals surface area contributed by atoms with Gasteiger partial charge in [0.25, 0.3) is 0 Å². The van der Waals surface area contributed by atoms with Crippen molar-refractivity contribution in [2.45, 2.75) is 6.54 Å². The van der Waals surface area contributed by atoms with Crippen molar-refractivity contribution in [3.8, 4) is 0 Å². The summed E-state index contributed by atoms with van der Waals surface area (Å²) in [6.45, 7) is 0.146. The molecule has 3 aromatic rings. The fraction of sp³-hybridized carbons (Fsp3) is 0.0588. The molecule has 1 aromatic heterocycles. The number of nitrogens with one attached hydrogen (secondary N) is 1. The Kier molecular flexibility index (Phi) is 4.06. The maximum atomic E-state index is 12.2. The van der Waals surface area contributed by atoms with Crippen LogP contribution in [0.3, 0.4) is 0 Å². The van der Waals surface area contributed by atoms with Crippen LogP contribution in [0, 0.1) is 0 Å². The summed E-state index contributed by atoms with van der Waals surface area (Å²) in [5, 5.41) is 3.45. The summed E-state index contributed by atoms with van der Waals surface area (Å²) >= 11 is 3.37. The van der Waals surface area contributed by atoms with Gasteiger partial charge in [-0.25, -0.2) is 0 Å². The van der Waals surface area contributed by atoms with Gasteiger partial charge in [0.1, 0.15) is 6.54 Å². The van der Waals surface area contributed by atoms with Crippen molar-refractivity contribution < 1.29 is 4.79 Å². The van der Waals surface area contributed by atoms with Crippen molar-refractivity contribution in [3.63, 3.8) is 0 Å². The highest BCUT2D eigenvalue weighted by atomic mass is 79.9. The van der Waals surface area contributed by atoms with Crippen molar-refractivity contribution in [2.75, 3.05) is 5.32 Å². The van der Waals surface area contributed by atoms with E-state index in [1.54, 1.807) is 16.8 Å². The van der Waals surface area contributed by atoms with Gasteiger partial charge in [-0.15, -0.1) is 0 Å². The van der Waals surface area contributed by atoms with Crippen LogP contribution in [0.15, 0.2) is 70.1 Å². The second kappa shape index (κ2) is 6.15. The second-order valence-electron chi connectivity index (χ2n) is 4.88. The lowest BCUT2D eigenvalue weighted by atomic mass is 10.2. The summed E-state index contributed by atoms with van der Waals surface area (Å²) < 4.78 is 2.67. The van der Waals surface area contributed by atoms with Gasteiger partial charge in [-0.05, 0) is 30.3 Å². The van der Waals surface area contributed by atoms with E-state index in [1.807, 2.05) is 42.5 Å². The fourth-order valence-corrected chi connectivity index (χ4v) is 2.72. The van der Waals surface area contributed by atoms with Gasteiger partial charge in [-0.3, -0.25) is 9.59 Å². The van der Waals surface area contributed by atoms with E-state index >= 15 is 0 Å². The molecular weight excluding hydrogens is 344 g/mol. The standard InChI is InChI=1S/C17H13BrN2O2/c18-12-4-3-5-13(10-12)19-17(22)11-20-9-8-16(21)14-6-1-2-7-15(14)20/h1-10H,11H2,(H,19,22). The molecule has 1 heterocycles. The first-order valence-electron chi connectivity index (χ1n) is 6.77. The zero-order valence-electron chi connectivity index (χ0n) is 11.6. The Balaban J connectivity index is 1.86. The van der Waals surface area contributed by atoms with Gasteiger partial charge in [0, 0.05) is 27.8 Å². The van der Waals surface area contributed by atoms with E-state index < -0.39 is 0 Å². The molecule has 0 aliphatic rings. The second-order valence-corrected chi connectivity index (χ2v) is 5.80. The predicted octanol–water partition coefficient (Wildman–Crippen LogP) is 3.40. The van der Waals surface area contributed by atoms with E-state index in [2.05, 4.69) is 21.2 Å². The number of pyridine rings is 1. The quantitative estimate of drug-likeness (QED) is 0.781. The number of rotatable bonds is 3. The summed E-state index contributed by atoms with van der Waals surface area (Å²) in [6, 6.07) is 16.2. The molecule has 4 nitrogen and oxygen atoms in total. The molecule has 110 valence electrons. The van der Waals surface area contributed by atoms with Crippen molar-refractivity contribution in [3.05, 3.63) is 75.5 Å². The number of amides is 1. The molecule has 1 amide bonds. The lowest BCUT2D eigenvalue weighted by Crippen LogP contribution is -2.20. The number of benzene rings is 2. The molecule has 0 saturated carbocycles. The highest BCUT2D eigenvalue weighted by Gasteiger charge is 2.07. The maximum absolute atomic E-state index is 12.2. The van der Waals surface area contributed by atoms with Crippen molar-refractivity contribution in [1.82, 2.24) is 4.57 Å². The number of para-hydroxylation sites is 1. The molecule has 2 aromatic carbocycles. The van der Waals surface area contributed by atoms with Gasteiger partial charge in [0.05, 0.1) is 5.52 Å². The molecule has 0 radical (unpaired) electrons. The fourth-order valence-electron chi connectivity index (χ4n) is 2.32. The third-order valence-electron chi connectivity index (χ3n) is 3.31. The number of hydrogen-bond acceptors (Lipinski definition) is 2. The van der Waals surface area contributed by atoms with Crippen molar-refractivity contribution >= 4 is 38.4 Å². The molecule has 0 unspecified atom stereocenters. The number of aromatic nitrogens is 1. The van der Waals surface area contributed by atoms with Gasteiger partial charge in [-0.2, -0.15) is 0 Å². The molecule has 0 atom stereocenters. The Labute approximate surface area is 135 Å². The van der Waals surface area contributed by atoms with E-state index in [4.69, 9.17) is 0 Å². The van der Waals surface area contributed by atoms with Crippen LogP contribution >= 0.6 is 15.9 Å². The Morgan fingerprint density at radius 1 is 1.09 bits per heavy atom. The summed E-state index contributed by atoms with van der Waals surface area (Å²) in [5.41, 5.74) is 1.43. The highest BCUT2D eigenvalue weighted by molar-refractivity contribution is 9.10. The molecule has 0 saturated heterocycles. The van der Waals surface area contributed by atoms with Crippen LogP contribution in [0.2, 0.25) is 0 Å². The number of carbonyl (C=O) groups is 1. The molecule has 0 aliphatic heterocycles. The van der Waals surface area contributed by atoms with E-state index in [0.717, 1.165) is 15.7 Å². The molecule has 3 rings (SSSR count). The zero-order valence-corrected chi connectivity index (χ0v) is 13.2. The SMILES string of the molecule is O=C(Cn1ccc(=O)c2ccccc21)Nc1cccc(Br)c1. The smallest absolute Gasteiger partial charge is 0.244 e. The molecule has 0 bridgehead atoms. The lowest BCUT2D eigenvalue weighted by Gasteiger charge is -2.11. The van der Waals surface area contributed by atoms with Crippen LogP contribution in [0.5, 0.6) is 0 Å². The van der Waals surface area contributed by atoms with Crippen molar-refractivity contribution in [1.29, 1.82) is 0 Å². The molecule has 5 heteroatoms. The van der Waals surface area contributed by atoms with E-state index in [-0.39, 0.29) is 17.9 Å². The number of anilines is 1. The minimum atomic E-state index is -0.146. The third kappa shape index (κ3) is 3.09. The Hall–Kier alpha value is -2.40. The van der Waals surface area contributed by atoms with E-state index in [9.17, 15) is 9.59 Å².